The van der Waals surface area contributed by atoms with Crippen LogP contribution in [0.3, 0.4) is 0 Å². The summed E-state index contributed by atoms with van der Waals surface area (Å²) in [6.07, 6.45) is 0. The molecule has 0 spiro atoms. The Bertz CT molecular complexity index is 919. The molecule has 0 radical (unpaired) electrons. The molecule has 0 unspecified atom stereocenters. The van der Waals surface area contributed by atoms with Crippen molar-refractivity contribution in [2.45, 2.75) is 19.9 Å². The van der Waals surface area contributed by atoms with Gasteiger partial charge in [-0.2, -0.15) is 4.39 Å². The summed E-state index contributed by atoms with van der Waals surface area (Å²) >= 11 is 0. The van der Waals surface area contributed by atoms with E-state index in [0.717, 1.165) is 12.1 Å². The Morgan fingerprint density at radius 1 is 1.14 bits per heavy atom. The van der Waals surface area contributed by atoms with Crippen LogP contribution in [0.15, 0.2) is 36.4 Å². The number of carbonyl (C=O) groups is 2. The number of amides is 2. The van der Waals surface area contributed by atoms with E-state index in [2.05, 4.69) is 16.0 Å². The fourth-order valence-corrected chi connectivity index (χ4v) is 2.38. The van der Waals surface area contributed by atoms with Gasteiger partial charge in [-0.05, 0) is 37.3 Å². The molecule has 10 heteroatoms. The molecule has 0 saturated carbocycles. The molecule has 2 amide bonds. The van der Waals surface area contributed by atoms with Crippen molar-refractivity contribution in [1.29, 1.82) is 0 Å². The van der Waals surface area contributed by atoms with E-state index in [0.29, 0.717) is 17.1 Å². The number of anilines is 3. The maximum Gasteiger partial charge on any atom is 0.306 e. The van der Waals surface area contributed by atoms with Crippen LogP contribution in [0.2, 0.25) is 0 Å². The van der Waals surface area contributed by atoms with Gasteiger partial charge in [0.1, 0.15) is 11.8 Å². The Balaban J connectivity index is 2.15. The Labute approximate surface area is 160 Å². The van der Waals surface area contributed by atoms with E-state index in [-0.39, 0.29) is 11.6 Å². The van der Waals surface area contributed by atoms with Crippen LogP contribution >= 0.6 is 0 Å². The molecule has 0 heterocycles. The molecule has 0 bridgehead atoms. The number of nitro groups is 1. The predicted molar refractivity (Wildman–Crippen MR) is 102 cm³/mol. The molecule has 148 valence electrons. The molecule has 9 nitrogen and oxygen atoms in total. The molecule has 0 aliphatic carbocycles. The zero-order chi connectivity index (χ0) is 20.8. The van der Waals surface area contributed by atoms with Crippen LogP contribution in [0, 0.1) is 15.9 Å². The van der Waals surface area contributed by atoms with Crippen molar-refractivity contribution in [2.75, 3.05) is 23.1 Å². The van der Waals surface area contributed by atoms with Crippen LogP contribution in [0.5, 0.6) is 5.75 Å². The van der Waals surface area contributed by atoms with Gasteiger partial charge in [0, 0.05) is 24.4 Å². The summed E-state index contributed by atoms with van der Waals surface area (Å²) in [5, 5.41) is 18.9. The second-order valence-corrected chi connectivity index (χ2v) is 5.87. The summed E-state index contributed by atoms with van der Waals surface area (Å²) < 4.78 is 18.6. The van der Waals surface area contributed by atoms with Crippen molar-refractivity contribution in [1.82, 2.24) is 0 Å². The summed E-state index contributed by atoms with van der Waals surface area (Å²) in [4.78, 5) is 33.5. The predicted octanol–water partition coefficient (Wildman–Crippen LogP) is 3.14. The van der Waals surface area contributed by atoms with Gasteiger partial charge in [-0.1, -0.05) is 0 Å². The number of benzene rings is 2. The highest BCUT2D eigenvalue weighted by Crippen LogP contribution is 2.29. The van der Waals surface area contributed by atoms with E-state index in [1.165, 1.54) is 20.1 Å². The minimum atomic E-state index is -0.992. The molecular weight excluding hydrogens is 371 g/mol. The number of nitrogens with zero attached hydrogens (tertiary/aromatic N) is 1. The second kappa shape index (κ2) is 8.80. The highest BCUT2D eigenvalue weighted by molar-refractivity contribution is 5.97. The number of nitro benzene ring substituents is 1. The van der Waals surface area contributed by atoms with Crippen molar-refractivity contribution in [3.63, 3.8) is 0 Å². The number of nitrogens with one attached hydrogen (secondary N) is 3. The SMILES string of the molecule is COc1ccc(NC(C)=O)cc1N[C@H](C)C(=O)Nc1ccc(F)c([N+](=O)[O-])c1. The maximum atomic E-state index is 13.4. The van der Waals surface area contributed by atoms with Crippen molar-refractivity contribution >= 4 is 34.6 Å². The first kappa shape index (κ1) is 20.6. The first-order chi connectivity index (χ1) is 13.2. The van der Waals surface area contributed by atoms with E-state index < -0.39 is 28.4 Å². The van der Waals surface area contributed by atoms with E-state index in [4.69, 9.17) is 4.74 Å². The summed E-state index contributed by atoms with van der Waals surface area (Å²) in [5.41, 5.74) is 0.327. The number of methoxy groups -OCH3 is 1. The van der Waals surface area contributed by atoms with E-state index >= 15 is 0 Å². The molecule has 3 N–H and O–H groups in total. The van der Waals surface area contributed by atoms with Gasteiger partial charge in [0.15, 0.2) is 0 Å². The molecule has 28 heavy (non-hydrogen) atoms. The molecule has 2 rings (SSSR count). The fourth-order valence-electron chi connectivity index (χ4n) is 2.38. The summed E-state index contributed by atoms with van der Waals surface area (Å²) in [6, 6.07) is 7.18. The van der Waals surface area contributed by atoms with Crippen LogP contribution in [0.1, 0.15) is 13.8 Å². The second-order valence-electron chi connectivity index (χ2n) is 5.87. The Morgan fingerprint density at radius 2 is 1.79 bits per heavy atom. The minimum Gasteiger partial charge on any atom is -0.495 e. The Morgan fingerprint density at radius 3 is 2.39 bits per heavy atom. The number of hydrogen-bond donors (Lipinski definition) is 3. The molecule has 2 aromatic rings. The molecule has 0 aliphatic rings. The molecule has 2 aromatic carbocycles. The molecule has 0 fully saturated rings. The number of carbonyl (C=O) groups excluding carboxylic acids is 2. The minimum absolute atomic E-state index is 0.0886. The molecule has 0 saturated heterocycles. The van der Waals surface area contributed by atoms with Gasteiger partial charge in [-0.25, -0.2) is 0 Å². The molecular formula is C18H19FN4O5. The third-order valence-electron chi connectivity index (χ3n) is 3.70. The average molecular weight is 390 g/mol. The maximum absolute atomic E-state index is 13.4. The normalized spacial score (nSPS) is 11.3. The standard InChI is InChI=1S/C18H19FN4O5/c1-10(18(25)22-13-4-6-14(19)16(9-13)23(26)27)20-15-8-12(21-11(2)24)5-7-17(15)28-3/h4-10,20H,1-3H3,(H,21,24)(H,22,25)/t10-/m1/s1. The summed E-state index contributed by atoms with van der Waals surface area (Å²) in [7, 11) is 1.46. The van der Waals surface area contributed by atoms with E-state index in [1.54, 1.807) is 25.1 Å². The van der Waals surface area contributed by atoms with Crippen LogP contribution in [0.4, 0.5) is 27.1 Å². The zero-order valence-electron chi connectivity index (χ0n) is 15.4. The zero-order valence-corrected chi connectivity index (χ0v) is 15.4. The lowest BCUT2D eigenvalue weighted by atomic mass is 10.2. The number of hydrogen-bond acceptors (Lipinski definition) is 6. The molecule has 0 aromatic heterocycles. The highest BCUT2D eigenvalue weighted by atomic mass is 19.1. The lowest BCUT2D eigenvalue weighted by molar-refractivity contribution is -0.387. The first-order valence-corrected chi connectivity index (χ1v) is 8.18. The van der Waals surface area contributed by atoms with Gasteiger partial charge in [0.2, 0.25) is 17.6 Å². The lowest BCUT2D eigenvalue weighted by Gasteiger charge is -2.18. The number of ether oxygens (including phenoxy) is 1. The number of halogens is 1. The van der Waals surface area contributed by atoms with Gasteiger partial charge in [-0.15, -0.1) is 0 Å². The van der Waals surface area contributed by atoms with Crippen LogP contribution in [0.25, 0.3) is 0 Å². The van der Waals surface area contributed by atoms with Crippen molar-refractivity contribution in [3.05, 3.63) is 52.3 Å². The van der Waals surface area contributed by atoms with Gasteiger partial charge < -0.3 is 20.7 Å². The molecule has 0 aliphatic heterocycles. The largest absolute Gasteiger partial charge is 0.495 e. The summed E-state index contributed by atoms with van der Waals surface area (Å²) in [6.45, 7) is 2.94. The first-order valence-electron chi connectivity index (χ1n) is 8.18. The van der Waals surface area contributed by atoms with Crippen LogP contribution < -0.4 is 20.7 Å². The van der Waals surface area contributed by atoms with Crippen molar-refractivity contribution < 1.29 is 23.6 Å². The monoisotopic (exact) mass is 390 g/mol. The Hall–Kier alpha value is -3.69. The van der Waals surface area contributed by atoms with Crippen LogP contribution in [-0.2, 0) is 9.59 Å². The highest BCUT2D eigenvalue weighted by Gasteiger charge is 2.19. The fraction of sp³-hybridized carbons (Fsp3) is 0.222. The van der Waals surface area contributed by atoms with Gasteiger partial charge in [0.05, 0.1) is 17.7 Å². The third kappa shape index (κ3) is 5.16. The summed E-state index contributed by atoms with van der Waals surface area (Å²) in [5.74, 6) is -1.30. The topological polar surface area (TPSA) is 123 Å². The third-order valence-corrected chi connectivity index (χ3v) is 3.70. The van der Waals surface area contributed by atoms with Crippen molar-refractivity contribution in [3.8, 4) is 5.75 Å². The van der Waals surface area contributed by atoms with E-state index in [1.807, 2.05) is 0 Å². The smallest absolute Gasteiger partial charge is 0.306 e. The number of rotatable bonds is 7. The lowest BCUT2D eigenvalue weighted by Crippen LogP contribution is -2.32. The van der Waals surface area contributed by atoms with Gasteiger partial charge in [-0.3, -0.25) is 19.7 Å². The van der Waals surface area contributed by atoms with Gasteiger partial charge >= 0.3 is 5.69 Å². The quantitative estimate of drug-likeness (QED) is 0.493. The van der Waals surface area contributed by atoms with E-state index in [9.17, 15) is 24.1 Å². The van der Waals surface area contributed by atoms with Gasteiger partial charge in [0.25, 0.3) is 0 Å². The molecule has 1 atom stereocenters. The van der Waals surface area contributed by atoms with Crippen LogP contribution in [-0.4, -0.2) is 29.9 Å². The average Bonchev–Trinajstić information content (AvgIpc) is 2.62. The Kier molecular flexibility index (Phi) is 6.48. The van der Waals surface area contributed by atoms with Crippen molar-refractivity contribution in [2.24, 2.45) is 0 Å².